The maximum atomic E-state index is 9.20. The highest BCUT2D eigenvalue weighted by atomic mass is 127. The van der Waals surface area contributed by atoms with E-state index < -0.39 is 0 Å². The van der Waals surface area contributed by atoms with E-state index in [0.717, 1.165) is 13.9 Å². The molecule has 0 fully saturated rings. The van der Waals surface area contributed by atoms with Gasteiger partial charge in [0.2, 0.25) is 0 Å². The summed E-state index contributed by atoms with van der Waals surface area (Å²) < 4.78 is 2.00. The first kappa shape index (κ1) is 6.84. The Balaban J connectivity index is 2.82. The summed E-state index contributed by atoms with van der Waals surface area (Å²) in [6.45, 7) is 0. The number of pyridine rings is 1. The van der Waals surface area contributed by atoms with Crippen LogP contribution in [0, 0.1) is 3.57 Å². The summed E-state index contributed by atoms with van der Waals surface area (Å²) >= 11 is 2.17. The molecule has 56 valence electrons. The van der Waals surface area contributed by atoms with E-state index in [9.17, 15) is 5.21 Å². The standard InChI is InChI=1S/C6H4IN3O/c7-5-1-2-10(11)6-4(5)3-8-9-6/h1-3,11H. The smallest absolute Gasteiger partial charge is 0.199 e. The van der Waals surface area contributed by atoms with Crippen molar-refractivity contribution in [2.45, 2.75) is 0 Å². The summed E-state index contributed by atoms with van der Waals surface area (Å²) in [7, 11) is 0. The Kier molecular flexibility index (Phi) is 1.45. The SMILES string of the molecule is On1ccc(I)c2cnnc1-2. The van der Waals surface area contributed by atoms with Gasteiger partial charge in [-0.05, 0) is 28.7 Å². The highest BCUT2D eigenvalue weighted by Gasteiger charge is 2.11. The lowest BCUT2D eigenvalue weighted by atomic mass is 10.3. The molecule has 5 heteroatoms. The normalized spacial score (nSPS) is 10.6. The maximum Gasteiger partial charge on any atom is 0.199 e. The number of nitrogens with zero attached hydrogens (tertiary/aromatic N) is 3. The zero-order valence-electron chi connectivity index (χ0n) is 5.40. The highest BCUT2D eigenvalue weighted by Crippen LogP contribution is 2.23. The van der Waals surface area contributed by atoms with Crippen LogP contribution in [0.3, 0.4) is 0 Å². The molecule has 2 aliphatic heterocycles. The van der Waals surface area contributed by atoms with Crippen LogP contribution in [-0.4, -0.2) is 20.1 Å². The first-order valence-electron chi connectivity index (χ1n) is 2.96. The van der Waals surface area contributed by atoms with Crippen molar-refractivity contribution in [1.29, 1.82) is 0 Å². The third-order valence-electron chi connectivity index (χ3n) is 1.42. The van der Waals surface area contributed by atoms with Crippen LogP contribution in [0.2, 0.25) is 0 Å². The molecule has 0 radical (unpaired) electrons. The zero-order chi connectivity index (χ0) is 7.84. The maximum absolute atomic E-state index is 9.20. The average molecular weight is 261 g/mol. The molecule has 0 aliphatic carbocycles. The van der Waals surface area contributed by atoms with Crippen LogP contribution in [-0.2, 0) is 0 Å². The Morgan fingerprint density at radius 3 is 3.09 bits per heavy atom. The van der Waals surface area contributed by atoms with Crippen LogP contribution < -0.4 is 0 Å². The fraction of sp³-hybridized carbons (Fsp3) is 0. The molecular weight excluding hydrogens is 257 g/mol. The molecule has 0 aromatic carbocycles. The van der Waals surface area contributed by atoms with Crippen LogP contribution in [0.25, 0.3) is 11.4 Å². The van der Waals surface area contributed by atoms with Gasteiger partial charge in [-0.25, -0.2) is 0 Å². The minimum Gasteiger partial charge on any atom is -0.427 e. The number of halogens is 1. The Bertz CT molecular complexity index is 326. The van der Waals surface area contributed by atoms with Gasteiger partial charge in [-0.3, -0.25) is 0 Å². The Morgan fingerprint density at radius 2 is 2.36 bits per heavy atom. The molecule has 0 bridgehead atoms. The highest BCUT2D eigenvalue weighted by molar-refractivity contribution is 14.1. The minimum atomic E-state index is 0.497. The van der Waals surface area contributed by atoms with E-state index in [2.05, 4.69) is 32.8 Å². The van der Waals surface area contributed by atoms with Crippen molar-refractivity contribution in [2.75, 3.05) is 0 Å². The molecule has 1 N–H and O–H groups in total. The first-order valence-corrected chi connectivity index (χ1v) is 4.04. The second kappa shape index (κ2) is 2.33. The third-order valence-corrected chi connectivity index (χ3v) is 2.36. The number of aromatic nitrogens is 3. The van der Waals surface area contributed by atoms with E-state index >= 15 is 0 Å². The lowest BCUT2D eigenvalue weighted by Crippen LogP contribution is -1.98. The quantitative estimate of drug-likeness (QED) is 0.573. The summed E-state index contributed by atoms with van der Waals surface area (Å²) in [6, 6.07) is 1.80. The molecule has 2 aliphatic rings. The monoisotopic (exact) mass is 261 g/mol. The summed E-state index contributed by atoms with van der Waals surface area (Å²) in [5, 5.41) is 16.6. The molecule has 0 spiro atoms. The van der Waals surface area contributed by atoms with Crippen molar-refractivity contribution >= 4 is 22.6 Å². The molecule has 4 nitrogen and oxygen atoms in total. The third kappa shape index (κ3) is 0.953. The van der Waals surface area contributed by atoms with Gasteiger partial charge in [0, 0.05) is 9.77 Å². The van der Waals surface area contributed by atoms with Crippen molar-refractivity contribution < 1.29 is 5.21 Å². The average Bonchev–Trinajstić information content (AvgIpc) is 2.45. The van der Waals surface area contributed by atoms with Gasteiger partial charge in [0.05, 0.1) is 11.8 Å². The number of hydrogen-bond acceptors (Lipinski definition) is 3. The molecule has 0 saturated heterocycles. The summed E-state index contributed by atoms with van der Waals surface area (Å²) in [5.41, 5.74) is 0.871. The molecule has 0 aromatic rings. The van der Waals surface area contributed by atoms with E-state index in [-0.39, 0.29) is 0 Å². The van der Waals surface area contributed by atoms with Gasteiger partial charge in [-0.1, -0.05) is 0 Å². The predicted molar refractivity (Wildman–Crippen MR) is 46.5 cm³/mol. The predicted octanol–water partition coefficient (Wildman–Crippen LogP) is 1.22. The summed E-state index contributed by atoms with van der Waals surface area (Å²) in [4.78, 5) is 0. The zero-order valence-corrected chi connectivity index (χ0v) is 7.56. The number of fused-ring (bicyclic) bond motifs is 1. The van der Waals surface area contributed by atoms with E-state index in [0.29, 0.717) is 5.82 Å². The van der Waals surface area contributed by atoms with Crippen LogP contribution in [0.5, 0.6) is 0 Å². The van der Waals surface area contributed by atoms with Gasteiger partial charge in [-0.2, -0.15) is 9.83 Å². The molecule has 0 atom stereocenters. The van der Waals surface area contributed by atoms with Gasteiger partial charge in [0.1, 0.15) is 0 Å². The number of hydrogen-bond donors (Lipinski definition) is 1. The van der Waals surface area contributed by atoms with Crippen molar-refractivity contribution in [3.63, 3.8) is 0 Å². The van der Waals surface area contributed by atoms with Gasteiger partial charge in [0.25, 0.3) is 0 Å². The Labute approximate surface area is 76.3 Å². The molecule has 2 rings (SSSR count). The molecule has 11 heavy (non-hydrogen) atoms. The van der Waals surface area contributed by atoms with Crippen LogP contribution in [0.1, 0.15) is 0 Å². The fourth-order valence-electron chi connectivity index (χ4n) is 0.887. The minimum absolute atomic E-state index is 0.497. The lowest BCUT2D eigenvalue weighted by molar-refractivity contribution is 0.186. The summed E-state index contributed by atoms with van der Waals surface area (Å²) in [5.74, 6) is 0.497. The molecule has 2 heterocycles. The van der Waals surface area contributed by atoms with Crippen LogP contribution in [0.15, 0.2) is 18.5 Å². The van der Waals surface area contributed by atoms with E-state index in [1.807, 2.05) is 0 Å². The van der Waals surface area contributed by atoms with Crippen molar-refractivity contribution in [2.24, 2.45) is 0 Å². The fourth-order valence-corrected chi connectivity index (χ4v) is 1.43. The Hall–Kier alpha value is -0.850. The Morgan fingerprint density at radius 1 is 1.55 bits per heavy atom. The van der Waals surface area contributed by atoms with Crippen molar-refractivity contribution in [1.82, 2.24) is 14.9 Å². The molecule has 0 saturated carbocycles. The molecule has 0 unspecified atom stereocenters. The van der Waals surface area contributed by atoms with Crippen LogP contribution in [0.4, 0.5) is 0 Å². The molecular formula is C6H4IN3O. The van der Waals surface area contributed by atoms with Crippen molar-refractivity contribution in [3.8, 4) is 11.4 Å². The van der Waals surface area contributed by atoms with Crippen LogP contribution >= 0.6 is 22.6 Å². The number of rotatable bonds is 0. The van der Waals surface area contributed by atoms with Gasteiger partial charge < -0.3 is 5.21 Å². The van der Waals surface area contributed by atoms with Gasteiger partial charge in [0.15, 0.2) is 5.82 Å². The topological polar surface area (TPSA) is 50.9 Å². The second-order valence-corrected chi connectivity index (χ2v) is 3.25. The van der Waals surface area contributed by atoms with E-state index in [1.54, 1.807) is 18.5 Å². The first-order chi connectivity index (χ1) is 5.29. The molecule has 0 aromatic heterocycles. The van der Waals surface area contributed by atoms with E-state index in [1.165, 1.54) is 0 Å². The second-order valence-electron chi connectivity index (χ2n) is 2.09. The van der Waals surface area contributed by atoms with Gasteiger partial charge >= 0.3 is 0 Å². The van der Waals surface area contributed by atoms with Crippen molar-refractivity contribution in [3.05, 3.63) is 22.0 Å². The largest absolute Gasteiger partial charge is 0.427 e. The van der Waals surface area contributed by atoms with Gasteiger partial charge in [-0.15, -0.1) is 5.10 Å². The molecule has 0 amide bonds. The van der Waals surface area contributed by atoms with E-state index in [4.69, 9.17) is 0 Å². The summed E-state index contributed by atoms with van der Waals surface area (Å²) in [6.07, 6.45) is 3.17. The lowest BCUT2D eigenvalue weighted by Gasteiger charge is -2.02.